The Hall–Kier alpha value is -2.50. The van der Waals surface area contributed by atoms with Gasteiger partial charge in [0.15, 0.2) is 5.82 Å². The van der Waals surface area contributed by atoms with Gasteiger partial charge in [-0.05, 0) is 30.7 Å². The summed E-state index contributed by atoms with van der Waals surface area (Å²) in [6.45, 7) is 1.86. The molecule has 2 N–H and O–H groups in total. The summed E-state index contributed by atoms with van der Waals surface area (Å²) in [7, 11) is 0. The number of nitrogens with zero attached hydrogens (tertiary/aromatic N) is 2. The number of carbonyl (C=O) groups excluding carboxylic acids is 1. The summed E-state index contributed by atoms with van der Waals surface area (Å²) < 4.78 is 13.2. The number of nitrogens with one attached hydrogen (secondary N) is 2. The van der Waals surface area contributed by atoms with E-state index in [-0.39, 0.29) is 11.7 Å². The molecule has 19 heavy (non-hydrogen) atoms. The second-order valence-corrected chi connectivity index (χ2v) is 4.39. The average Bonchev–Trinajstić information content (AvgIpc) is 2.90. The maximum atomic E-state index is 13.2. The summed E-state index contributed by atoms with van der Waals surface area (Å²) in [5.41, 5.74) is 2.11. The van der Waals surface area contributed by atoms with Crippen molar-refractivity contribution in [3.8, 4) is 0 Å². The average molecular weight is 258 g/mol. The SMILES string of the molecule is Cc1cc(N=CC2C(=O)Nc3ccc(F)cc32)n[nH]1. The second kappa shape index (κ2) is 4.31. The molecule has 2 aromatic rings. The summed E-state index contributed by atoms with van der Waals surface area (Å²) in [4.78, 5) is 16.0. The van der Waals surface area contributed by atoms with Gasteiger partial charge in [-0.1, -0.05) is 0 Å². The molecule has 2 heterocycles. The summed E-state index contributed by atoms with van der Waals surface area (Å²) in [5.74, 6) is -0.668. The molecule has 0 spiro atoms. The third kappa shape index (κ3) is 2.12. The lowest BCUT2D eigenvalue weighted by atomic mass is 10.0. The van der Waals surface area contributed by atoms with Crippen molar-refractivity contribution in [3.05, 3.63) is 41.3 Å². The highest BCUT2D eigenvalue weighted by Crippen LogP contribution is 2.32. The topological polar surface area (TPSA) is 70.1 Å². The van der Waals surface area contributed by atoms with E-state index >= 15 is 0 Å². The Morgan fingerprint density at radius 3 is 3.00 bits per heavy atom. The third-order valence-corrected chi connectivity index (χ3v) is 2.94. The van der Waals surface area contributed by atoms with Gasteiger partial charge in [0.1, 0.15) is 11.7 Å². The van der Waals surface area contributed by atoms with Crippen LogP contribution in [-0.2, 0) is 4.79 Å². The molecule has 1 aliphatic heterocycles. The molecule has 5 nitrogen and oxygen atoms in total. The van der Waals surface area contributed by atoms with Crippen molar-refractivity contribution in [1.82, 2.24) is 10.2 Å². The molecule has 1 amide bonds. The largest absolute Gasteiger partial charge is 0.325 e. The van der Waals surface area contributed by atoms with E-state index in [0.29, 0.717) is 17.1 Å². The van der Waals surface area contributed by atoms with E-state index in [1.165, 1.54) is 18.3 Å². The lowest BCUT2D eigenvalue weighted by Crippen LogP contribution is -2.12. The molecule has 1 aliphatic rings. The Labute approximate surface area is 108 Å². The lowest BCUT2D eigenvalue weighted by molar-refractivity contribution is -0.115. The fourth-order valence-electron chi connectivity index (χ4n) is 2.03. The van der Waals surface area contributed by atoms with Crippen molar-refractivity contribution >= 4 is 23.6 Å². The maximum Gasteiger partial charge on any atom is 0.237 e. The minimum absolute atomic E-state index is 0.211. The number of hydrogen-bond donors (Lipinski definition) is 2. The number of anilines is 1. The van der Waals surface area contributed by atoms with Gasteiger partial charge in [0, 0.05) is 23.7 Å². The quantitative estimate of drug-likeness (QED) is 0.811. The maximum absolute atomic E-state index is 13.2. The minimum atomic E-state index is -0.581. The number of aromatic nitrogens is 2. The number of rotatable bonds is 2. The van der Waals surface area contributed by atoms with Crippen molar-refractivity contribution in [2.75, 3.05) is 5.32 Å². The van der Waals surface area contributed by atoms with Gasteiger partial charge >= 0.3 is 0 Å². The highest BCUT2D eigenvalue weighted by Gasteiger charge is 2.29. The molecule has 0 saturated carbocycles. The number of aliphatic imine (C=N–C) groups is 1. The number of hydrogen-bond acceptors (Lipinski definition) is 3. The number of aryl methyl sites for hydroxylation is 1. The van der Waals surface area contributed by atoms with Crippen LogP contribution in [0.1, 0.15) is 17.2 Å². The van der Waals surface area contributed by atoms with E-state index < -0.39 is 5.92 Å². The van der Waals surface area contributed by atoms with Crippen LogP contribution in [0.5, 0.6) is 0 Å². The Bertz CT molecular complexity index is 677. The van der Waals surface area contributed by atoms with Gasteiger partial charge in [-0.2, -0.15) is 5.10 Å². The summed E-state index contributed by atoms with van der Waals surface area (Å²) in [6.07, 6.45) is 1.48. The first-order valence-corrected chi connectivity index (χ1v) is 5.80. The van der Waals surface area contributed by atoms with E-state index in [1.54, 1.807) is 12.1 Å². The highest BCUT2D eigenvalue weighted by atomic mass is 19.1. The van der Waals surface area contributed by atoms with Crippen LogP contribution in [0, 0.1) is 12.7 Å². The first-order chi connectivity index (χ1) is 9.13. The molecule has 0 fully saturated rings. The number of carbonyl (C=O) groups is 1. The second-order valence-electron chi connectivity index (χ2n) is 4.39. The minimum Gasteiger partial charge on any atom is -0.325 e. The zero-order valence-corrected chi connectivity index (χ0v) is 10.1. The Balaban J connectivity index is 1.92. The van der Waals surface area contributed by atoms with Crippen LogP contribution < -0.4 is 5.32 Å². The van der Waals surface area contributed by atoms with E-state index in [4.69, 9.17) is 0 Å². The Kier molecular flexibility index (Phi) is 2.63. The fraction of sp³-hybridized carbons (Fsp3) is 0.154. The smallest absolute Gasteiger partial charge is 0.237 e. The Morgan fingerprint density at radius 1 is 1.42 bits per heavy atom. The van der Waals surface area contributed by atoms with Gasteiger partial charge in [0.05, 0.1) is 0 Å². The normalized spacial score (nSPS) is 17.8. The van der Waals surface area contributed by atoms with Gasteiger partial charge in [-0.25, -0.2) is 9.38 Å². The van der Waals surface area contributed by atoms with Gasteiger partial charge in [0.25, 0.3) is 0 Å². The summed E-state index contributed by atoms with van der Waals surface area (Å²) >= 11 is 0. The molecule has 6 heteroatoms. The number of aromatic amines is 1. The van der Waals surface area contributed by atoms with Gasteiger partial charge in [-0.3, -0.25) is 9.89 Å². The van der Waals surface area contributed by atoms with E-state index in [1.807, 2.05) is 6.92 Å². The lowest BCUT2D eigenvalue weighted by Gasteiger charge is -2.01. The first kappa shape index (κ1) is 11.6. The van der Waals surface area contributed by atoms with Crippen LogP contribution in [0.3, 0.4) is 0 Å². The van der Waals surface area contributed by atoms with Crippen molar-refractivity contribution in [2.45, 2.75) is 12.8 Å². The van der Waals surface area contributed by atoms with Crippen molar-refractivity contribution in [3.63, 3.8) is 0 Å². The molecule has 1 aromatic carbocycles. The fourth-order valence-corrected chi connectivity index (χ4v) is 2.03. The Morgan fingerprint density at radius 2 is 2.26 bits per heavy atom. The van der Waals surface area contributed by atoms with Gasteiger partial charge < -0.3 is 5.32 Å². The molecule has 0 aliphatic carbocycles. The summed E-state index contributed by atoms with van der Waals surface area (Å²) in [6, 6.07) is 5.97. The number of H-pyrrole nitrogens is 1. The monoisotopic (exact) mass is 258 g/mol. The zero-order valence-electron chi connectivity index (χ0n) is 10.1. The van der Waals surface area contributed by atoms with Crippen molar-refractivity contribution in [1.29, 1.82) is 0 Å². The molecule has 0 saturated heterocycles. The first-order valence-electron chi connectivity index (χ1n) is 5.80. The standard InChI is InChI=1S/C13H11FN4O/c1-7-4-12(18-17-7)15-6-10-9-5-8(14)2-3-11(9)16-13(10)19/h2-6,10H,1H3,(H,16,19)(H,17,18). The number of amides is 1. The molecule has 1 atom stereocenters. The van der Waals surface area contributed by atoms with Crippen LogP contribution >= 0.6 is 0 Å². The van der Waals surface area contributed by atoms with Gasteiger partial charge in [-0.15, -0.1) is 0 Å². The molecule has 1 unspecified atom stereocenters. The van der Waals surface area contributed by atoms with Crippen LogP contribution in [0.15, 0.2) is 29.3 Å². The molecule has 1 aromatic heterocycles. The molecule has 3 rings (SSSR count). The predicted octanol–water partition coefficient (Wildman–Crippen LogP) is 2.30. The van der Waals surface area contributed by atoms with Crippen LogP contribution in [0.25, 0.3) is 0 Å². The molecular formula is C13H11FN4O. The molecule has 96 valence electrons. The summed E-state index contributed by atoms with van der Waals surface area (Å²) in [5, 5.41) is 9.40. The van der Waals surface area contributed by atoms with E-state index in [2.05, 4.69) is 20.5 Å². The highest BCUT2D eigenvalue weighted by molar-refractivity contribution is 6.12. The van der Waals surface area contributed by atoms with Crippen molar-refractivity contribution in [2.24, 2.45) is 4.99 Å². The number of fused-ring (bicyclic) bond motifs is 1. The molecule has 0 bridgehead atoms. The predicted molar refractivity (Wildman–Crippen MR) is 69.2 cm³/mol. The van der Waals surface area contributed by atoms with Crippen LogP contribution in [0.4, 0.5) is 15.9 Å². The van der Waals surface area contributed by atoms with Gasteiger partial charge in [0.2, 0.25) is 5.91 Å². The van der Waals surface area contributed by atoms with E-state index in [0.717, 1.165) is 5.69 Å². The van der Waals surface area contributed by atoms with Crippen molar-refractivity contribution < 1.29 is 9.18 Å². The number of benzene rings is 1. The van der Waals surface area contributed by atoms with Crippen LogP contribution in [0.2, 0.25) is 0 Å². The molecule has 0 radical (unpaired) electrons. The zero-order chi connectivity index (χ0) is 13.4. The van der Waals surface area contributed by atoms with Crippen LogP contribution in [-0.4, -0.2) is 22.3 Å². The van der Waals surface area contributed by atoms with E-state index in [9.17, 15) is 9.18 Å². The number of halogens is 1. The third-order valence-electron chi connectivity index (χ3n) is 2.94. The molecular weight excluding hydrogens is 247 g/mol.